The standard InChI is InChI=1S/C26H27ClF2N4O2/c1-4-13-31-33-32-25-15-26(28,29)16(2)20(23(25)17(3)35-24(25)34)12-11-19-10-9-18(14-30-19)21-7-5-6-8-22(21)27/h4-14,16-17,20,23H,15H2,1-3H3,(H,31,32)/b12-11+,13-4+/t16-,17+,20-,23-,25-/m0/s1. The fourth-order valence-corrected chi connectivity index (χ4v) is 5.32. The van der Waals surface area contributed by atoms with Gasteiger partial charge in [-0.15, -0.1) is 5.11 Å². The first-order valence-corrected chi connectivity index (χ1v) is 11.8. The first-order valence-electron chi connectivity index (χ1n) is 11.5. The summed E-state index contributed by atoms with van der Waals surface area (Å²) in [5.74, 6) is -6.12. The number of rotatable bonds is 6. The summed E-state index contributed by atoms with van der Waals surface area (Å²) in [7, 11) is 0. The molecule has 0 unspecified atom stereocenters. The molecule has 1 saturated carbocycles. The number of hydrogen-bond acceptors (Lipinski definition) is 5. The zero-order valence-electron chi connectivity index (χ0n) is 19.7. The molecule has 9 heteroatoms. The van der Waals surface area contributed by atoms with Crippen molar-refractivity contribution in [1.82, 2.24) is 10.4 Å². The van der Waals surface area contributed by atoms with Crippen molar-refractivity contribution in [1.29, 1.82) is 0 Å². The molecule has 1 aliphatic carbocycles. The SMILES string of the molecule is C/C=C/N=N\N[C@@]12CC(F)(F)[C@@H](C)[C@H](/C=C/c3ccc(-c4ccccc4Cl)cn3)[C@@H]1[C@@H](C)OC2=O. The van der Waals surface area contributed by atoms with Crippen molar-refractivity contribution in [3.05, 3.63) is 71.7 Å². The maximum absolute atomic E-state index is 15.2. The molecule has 1 saturated heterocycles. The third-order valence-corrected chi connectivity index (χ3v) is 7.22. The molecule has 2 aliphatic rings. The minimum absolute atomic E-state index is 0.562. The van der Waals surface area contributed by atoms with Crippen molar-refractivity contribution in [2.75, 3.05) is 0 Å². The lowest BCUT2D eigenvalue weighted by atomic mass is 9.61. The number of aromatic nitrogens is 1. The molecule has 0 radical (unpaired) electrons. The van der Waals surface area contributed by atoms with E-state index >= 15 is 8.78 Å². The molecule has 1 N–H and O–H groups in total. The third-order valence-electron chi connectivity index (χ3n) is 6.89. The molecule has 184 valence electrons. The second kappa shape index (κ2) is 9.85. The van der Waals surface area contributed by atoms with Crippen LogP contribution in [0.25, 0.3) is 17.2 Å². The van der Waals surface area contributed by atoms with Gasteiger partial charge < -0.3 is 4.74 Å². The Hall–Kier alpha value is -3.13. The molecule has 0 amide bonds. The van der Waals surface area contributed by atoms with Gasteiger partial charge in [-0.05, 0) is 38.0 Å². The third kappa shape index (κ3) is 4.72. The molecular formula is C26H27ClF2N4O2. The van der Waals surface area contributed by atoms with Crippen molar-refractivity contribution in [2.45, 2.75) is 44.8 Å². The Bertz CT molecular complexity index is 1170. The van der Waals surface area contributed by atoms with Gasteiger partial charge >= 0.3 is 5.97 Å². The van der Waals surface area contributed by atoms with Crippen molar-refractivity contribution in [3.63, 3.8) is 0 Å². The molecule has 2 aromatic rings. The first kappa shape index (κ1) is 25.0. The highest BCUT2D eigenvalue weighted by atomic mass is 35.5. The summed E-state index contributed by atoms with van der Waals surface area (Å²) in [6.07, 6.45) is 6.87. The number of carbonyl (C=O) groups is 1. The van der Waals surface area contributed by atoms with Gasteiger partial charge in [0.2, 0.25) is 0 Å². The van der Waals surface area contributed by atoms with Crippen molar-refractivity contribution in [3.8, 4) is 11.1 Å². The Balaban J connectivity index is 1.64. The molecule has 1 aromatic heterocycles. The minimum atomic E-state index is -3.13. The summed E-state index contributed by atoms with van der Waals surface area (Å²) >= 11 is 6.27. The zero-order valence-corrected chi connectivity index (χ0v) is 20.4. The highest BCUT2D eigenvalue weighted by Crippen LogP contribution is 2.55. The van der Waals surface area contributed by atoms with E-state index in [0.717, 1.165) is 11.1 Å². The van der Waals surface area contributed by atoms with Crippen LogP contribution in [0.5, 0.6) is 0 Å². The number of pyridine rings is 1. The summed E-state index contributed by atoms with van der Waals surface area (Å²) in [4.78, 5) is 17.3. The summed E-state index contributed by atoms with van der Waals surface area (Å²) in [5, 5.41) is 8.18. The van der Waals surface area contributed by atoms with Crippen LogP contribution in [0.4, 0.5) is 8.78 Å². The van der Waals surface area contributed by atoms with E-state index in [0.29, 0.717) is 10.7 Å². The molecule has 0 bridgehead atoms. The number of ether oxygens (including phenoxy) is 1. The van der Waals surface area contributed by atoms with Crippen molar-refractivity contribution >= 4 is 23.6 Å². The predicted molar refractivity (Wildman–Crippen MR) is 131 cm³/mol. The van der Waals surface area contributed by atoms with Gasteiger partial charge in [0.15, 0.2) is 5.54 Å². The smallest absolute Gasteiger partial charge is 0.334 e. The van der Waals surface area contributed by atoms with E-state index in [1.165, 1.54) is 13.1 Å². The van der Waals surface area contributed by atoms with E-state index in [-0.39, 0.29) is 0 Å². The number of alkyl halides is 2. The van der Waals surface area contributed by atoms with E-state index in [4.69, 9.17) is 16.3 Å². The van der Waals surface area contributed by atoms with Gasteiger partial charge in [-0.2, -0.15) is 0 Å². The summed E-state index contributed by atoms with van der Waals surface area (Å²) in [5.41, 5.74) is 3.28. The number of esters is 1. The number of fused-ring (bicyclic) bond motifs is 1. The number of halogens is 3. The Kier molecular flexibility index (Phi) is 7.03. The second-order valence-electron chi connectivity index (χ2n) is 9.03. The van der Waals surface area contributed by atoms with Crippen molar-refractivity contribution < 1.29 is 18.3 Å². The van der Waals surface area contributed by atoms with Gasteiger partial charge in [-0.3, -0.25) is 10.4 Å². The summed E-state index contributed by atoms with van der Waals surface area (Å²) in [6.45, 7) is 4.98. The van der Waals surface area contributed by atoms with Crippen LogP contribution in [0.3, 0.4) is 0 Å². The van der Waals surface area contributed by atoms with E-state index in [1.807, 2.05) is 24.3 Å². The van der Waals surface area contributed by atoms with Crippen molar-refractivity contribution in [2.24, 2.45) is 28.1 Å². The first-order chi connectivity index (χ1) is 16.7. The van der Waals surface area contributed by atoms with Crippen LogP contribution in [0, 0.1) is 17.8 Å². The van der Waals surface area contributed by atoms with Gasteiger partial charge in [0.25, 0.3) is 5.92 Å². The molecule has 1 aromatic carbocycles. The lowest BCUT2D eigenvalue weighted by Gasteiger charge is -2.47. The molecule has 35 heavy (non-hydrogen) atoms. The van der Waals surface area contributed by atoms with E-state index in [2.05, 4.69) is 20.7 Å². The average Bonchev–Trinajstić information content (AvgIpc) is 3.06. The van der Waals surface area contributed by atoms with Crippen LogP contribution in [0.2, 0.25) is 5.02 Å². The topological polar surface area (TPSA) is 75.9 Å². The minimum Gasteiger partial charge on any atom is -0.460 e. The normalized spacial score (nSPS) is 30.2. The largest absolute Gasteiger partial charge is 0.460 e. The van der Waals surface area contributed by atoms with Crippen LogP contribution in [0.1, 0.15) is 32.9 Å². The molecule has 0 spiro atoms. The van der Waals surface area contributed by atoms with Crippen LogP contribution >= 0.6 is 11.6 Å². The average molecular weight is 501 g/mol. The highest BCUT2D eigenvalue weighted by molar-refractivity contribution is 6.33. The number of hydrogen-bond donors (Lipinski definition) is 1. The Labute approximate surface area is 208 Å². The summed E-state index contributed by atoms with van der Waals surface area (Å²) < 4.78 is 35.9. The van der Waals surface area contributed by atoms with Gasteiger partial charge in [-0.1, -0.05) is 60.2 Å². The molecular weight excluding hydrogens is 474 g/mol. The van der Waals surface area contributed by atoms with Gasteiger partial charge in [-0.25, -0.2) is 13.6 Å². The molecule has 4 rings (SSSR count). The van der Waals surface area contributed by atoms with Crippen LogP contribution in [0.15, 0.2) is 71.3 Å². The second-order valence-corrected chi connectivity index (χ2v) is 9.44. The van der Waals surface area contributed by atoms with Crippen LogP contribution in [-0.2, 0) is 9.53 Å². The fraction of sp³-hybridized carbons (Fsp3) is 0.385. The molecule has 1 aliphatic heterocycles. The highest BCUT2D eigenvalue weighted by Gasteiger charge is 2.68. The monoisotopic (exact) mass is 500 g/mol. The predicted octanol–water partition coefficient (Wildman–Crippen LogP) is 6.50. The maximum Gasteiger partial charge on any atom is 0.334 e. The number of cyclic esters (lactones) is 1. The lowest BCUT2D eigenvalue weighted by molar-refractivity contribution is -0.160. The maximum atomic E-state index is 15.2. The van der Waals surface area contributed by atoms with Gasteiger partial charge in [0, 0.05) is 46.8 Å². The Morgan fingerprint density at radius 3 is 2.69 bits per heavy atom. The molecule has 2 fully saturated rings. The lowest BCUT2D eigenvalue weighted by Crippen LogP contribution is -2.63. The summed E-state index contributed by atoms with van der Waals surface area (Å²) in [6, 6.07) is 11.1. The van der Waals surface area contributed by atoms with Gasteiger partial charge in [0.05, 0.1) is 5.69 Å². The molecule has 5 atom stereocenters. The quantitative estimate of drug-likeness (QED) is 0.279. The number of nitrogens with zero attached hydrogens (tertiary/aromatic N) is 3. The Morgan fingerprint density at radius 2 is 2.00 bits per heavy atom. The number of nitrogens with one attached hydrogen (secondary N) is 1. The molecule has 6 nitrogen and oxygen atoms in total. The van der Waals surface area contributed by atoms with E-state index in [9.17, 15) is 4.79 Å². The number of benzene rings is 1. The fourth-order valence-electron chi connectivity index (χ4n) is 5.07. The zero-order chi connectivity index (χ0) is 25.2. The van der Waals surface area contributed by atoms with Crippen LogP contribution < -0.4 is 5.43 Å². The van der Waals surface area contributed by atoms with E-state index < -0.39 is 47.7 Å². The van der Waals surface area contributed by atoms with Gasteiger partial charge in [0.1, 0.15) is 6.10 Å². The Morgan fingerprint density at radius 1 is 1.23 bits per heavy atom. The van der Waals surface area contributed by atoms with Crippen LogP contribution in [-0.4, -0.2) is 28.5 Å². The number of carbonyl (C=O) groups excluding carboxylic acids is 1. The number of allylic oxidation sites excluding steroid dienone is 2. The molecule has 2 heterocycles. The van der Waals surface area contributed by atoms with E-state index in [1.54, 1.807) is 50.4 Å².